The van der Waals surface area contributed by atoms with Gasteiger partial charge in [-0.15, -0.1) is 0 Å². The lowest BCUT2D eigenvalue weighted by molar-refractivity contribution is 0.0952. The molecule has 1 amide bonds. The first-order valence-electron chi connectivity index (χ1n) is 6.43. The number of rotatable bonds is 3. The SMILES string of the molecule is O=C(NN=Cc1cc2ccccc2[nH]1)c1ccccc1O. The minimum Gasteiger partial charge on any atom is -0.507 e. The molecule has 0 radical (unpaired) electrons. The number of amides is 1. The van der Waals surface area contributed by atoms with Crippen molar-refractivity contribution in [1.29, 1.82) is 0 Å². The average molecular weight is 279 g/mol. The number of para-hydroxylation sites is 2. The molecule has 0 atom stereocenters. The number of hydrogen-bond donors (Lipinski definition) is 3. The maximum Gasteiger partial charge on any atom is 0.275 e. The number of hydrazone groups is 1. The Labute approximate surface area is 120 Å². The summed E-state index contributed by atoms with van der Waals surface area (Å²) >= 11 is 0. The molecule has 3 N–H and O–H groups in total. The lowest BCUT2D eigenvalue weighted by Gasteiger charge is -2.01. The fraction of sp³-hybridized carbons (Fsp3) is 0. The third-order valence-electron chi connectivity index (χ3n) is 3.07. The van der Waals surface area contributed by atoms with Gasteiger partial charge in [-0.3, -0.25) is 4.79 Å². The van der Waals surface area contributed by atoms with Crippen molar-refractivity contribution in [2.24, 2.45) is 5.10 Å². The van der Waals surface area contributed by atoms with E-state index in [-0.39, 0.29) is 11.3 Å². The molecule has 3 rings (SSSR count). The zero-order valence-electron chi connectivity index (χ0n) is 11.1. The number of aromatic hydroxyl groups is 1. The predicted octanol–water partition coefficient (Wildman–Crippen LogP) is 2.64. The molecule has 0 saturated carbocycles. The molecule has 1 aromatic heterocycles. The Kier molecular flexibility index (Phi) is 3.39. The summed E-state index contributed by atoms with van der Waals surface area (Å²) in [5.41, 5.74) is 4.36. The first kappa shape index (κ1) is 12.9. The zero-order valence-corrected chi connectivity index (χ0v) is 11.1. The molecule has 5 nitrogen and oxygen atoms in total. The number of aromatic nitrogens is 1. The number of benzene rings is 2. The minimum absolute atomic E-state index is 0.0733. The smallest absolute Gasteiger partial charge is 0.275 e. The molecular formula is C16H13N3O2. The van der Waals surface area contributed by atoms with Crippen LogP contribution >= 0.6 is 0 Å². The third kappa shape index (κ3) is 2.76. The Hall–Kier alpha value is -3.08. The highest BCUT2D eigenvalue weighted by molar-refractivity contribution is 5.97. The highest BCUT2D eigenvalue weighted by Crippen LogP contribution is 2.15. The van der Waals surface area contributed by atoms with Gasteiger partial charge in [0.15, 0.2) is 0 Å². The Bertz CT molecular complexity index is 788. The molecule has 0 aliphatic heterocycles. The van der Waals surface area contributed by atoms with Gasteiger partial charge in [-0.1, -0.05) is 30.3 Å². The van der Waals surface area contributed by atoms with Crippen LogP contribution in [0.25, 0.3) is 10.9 Å². The fourth-order valence-electron chi connectivity index (χ4n) is 2.05. The van der Waals surface area contributed by atoms with Crippen LogP contribution in [0.15, 0.2) is 59.7 Å². The summed E-state index contributed by atoms with van der Waals surface area (Å²) in [7, 11) is 0. The Balaban J connectivity index is 1.72. The maximum atomic E-state index is 11.8. The van der Waals surface area contributed by atoms with E-state index in [1.54, 1.807) is 12.1 Å². The molecule has 0 spiro atoms. The van der Waals surface area contributed by atoms with E-state index in [4.69, 9.17) is 0 Å². The number of hydrogen-bond acceptors (Lipinski definition) is 3. The number of nitrogens with zero attached hydrogens (tertiary/aromatic N) is 1. The summed E-state index contributed by atoms with van der Waals surface area (Å²) in [4.78, 5) is 15.0. The Morgan fingerprint density at radius 3 is 2.71 bits per heavy atom. The van der Waals surface area contributed by atoms with Gasteiger partial charge in [0.1, 0.15) is 5.75 Å². The first-order valence-corrected chi connectivity index (χ1v) is 6.43. The lowest BCUT2D eigenvalue weighted by Crippen LogP contribution is -2.17. The highest BCUT2D eigenvalue weighted by atomic mass is 16.3. The van der Waals surface area contributed by atoms with Crippen LogP contribution in [0.2, 0.25) is 0 Å². The van der Waals surface area contributed by atoms with E-state index in [1.807, 2.05) is 30.3 Å². The second kappa shape index (κ2) is 5.50. The van der Waals surface area contributed by atoms with Crippen molar-refractivity contribution in [3.8, 4) is 5.75 Å². The molecule has 104 valence electrons. The number of carbonyl (C=O) groups is 1. The van der Waals surface area contributed by atoms with Crippen LogP contribution in [-0.2, 0) is 0 Å². The molecule has 0 unspecified atom stereocenters. The quantitative estimate of drug-likeness (QED) is 0.509. The van der Waals surface area contributed by atoms with E-state index in [9.17, 15) is 9.90 Å². The van der Waals surface area contributed by atoms with Crippen molar-refractivity contribution in [3.63, 3.8) is 0 Å². The summed E-state index contributed by atoms with van der Waals surface area (Å²) in [6.45, 7) is 0. The number of carbonyl (C=O) groups excluding carboxylic acids is 1. The van der Waals surface area contributed by atoms with Gasteiger partial charge in [0.2, 0.25) is 0 Å². The fourth-order valence-corrected chi connectivity index (χ4v) is 2.05. The molecular weight excluding hydrogens is 266 g/mol. The molecule has 21 heavy (non-hydrogen) atoms. The highest BCUT2D eigenvalue weighted by Gasteiger charge is 2.08. The van der Waals surface area contributed by atoms with Gasteiger partial charge < -0.3 is 10.1 Å². The lowest BCUT2D eigenvalue weighted by atomic mass is 10.2. The summed E-state index contributed by atoms with van der Waals surface area (Å²) in [5.74, 6) is -0.531. The van der Waals surface area contributed by atoms with E-state index in [0.29, 0.717) is 0 Å². The van der Waals surface area contributed by atoms with E-state index < -0.39 is 5.91 Å². The molecule has 0 saturated heterocycles. The molecule has 0 bridgehead atoms. The van der Waals surface area contributed by atoms with Crippen molar-refractivity contribution < 1.29 is 9.90 Å². The summed E-state index contributed by atoms with van der Waals surface area (Å²) in [5, 5.41) is 14.5. The Morgan fingerprint density at radius 2 is 1.90 bits per heavy atom. The Morgan fingerprint density at radius 1 is 1.14 bits per heavy atom. The summed E-state index contributed by atoms with van der Waals surface area (Å²) in [6.07, 6.45) is 1.53. The summed E-state index contributed by atoms with van der Waals surface area (Å²) in [6, 6.07) is 16.1. The van der Waals surface area contributed by atoms with E-state index in [1.165, 1.54) is 18.3 Å². The van der Waals surface area contributed by atoms with Gasteiger partial charge in [0.25, 0.3) is 5.91 Å². The first-order chi connectivity index (χ1) is 10.2. The minimum atomic E-state index is -0.458. The normalized spacial score (nSPS) is 11.0. The van der Waals surface area contributed by atoms with Crippen molar-refractivity contribution in [2.45, 2.75) is 0 Å². The van der Waals surface area contributed by atoms with Crippen molar-refractivity contribution in [1.82, 2.24) is 10.4 Å². The average Bonchev–Trinajstić information content (AvgIpc) is 2.90. The second-order valence-corrected chi connectivity index (χ2v) is 4.53. The van der Waals surface area contributed by atoms with Crippen LogP contribution in [0.3, 0.4) is 0 Å². The van der Waals surface area contributed by atoms with E-state index >= 15 is 0 Å². The molecule has 5 heteroatoms. The molecule has 3 aromatic rings. The van der Waals surface area contributed by atoms with Crippen LogP contribution in [0.4, 0.5) is 0 Å². The number of H-pyrrole nitrogens is 1. The maximum absolute atomic E-state index is 11.8. The van der Waals surface area contributed by atoms with E-state index in [2.05, 4.69) is 15.5 Å². The van der Waals surface area contributed by atoms with Crippen LogP contribution < -0.4 is 5.43 Å². The second-order valence-electron chi connectivity index (χ2n) is 4.53. The summed E-state index contributed by atoms with van der Waals surface area (Å²) < 4.78 is 0. The van der Waals surface area contributed by atoms with Gasteiger partial charge in [0.05, 0.1) is 17.5 Å². The van der Waals surface area contributed by atoms with Gasteiger partial charge in [-0.2, -0.15) is 5.10 Å². The molecule has 2 aromatic carbocycles. The topological polar surface area (TPSA) is 77.5 Å². The molecule has 1 heterocycles. The van der Waals surface area contributed by atoms with Gasteiger partial charge >= 0.3 is 0 Å². The number of fused-ring (bicyclic) bond motifs is 1. The molecule has 0 aliphatic rings. The van der Waals surface area contributed by atoms with Gasteiger partial charge in [0, 0.05) is 10.9 Å². The predicted molar refractivity (Wildman–Crippen MR) is 81.5 cm³/mol. The number of nitrogens with one attached hydrogen (secondary N) is 2. The van der Waals surface area contributed by atoms with Crippen molar-refractivity contribution >= 4 is 23.0 Å². The monoisotopic (exact) mass is 279 g/mol. The largest absolute Gasteiger partial charge is 0.507 e. The van der Waals surface area contributed by atoms with E-state index in [0.717, 1.165) is 16.6 Å². The third-order valence-corrected chi connectivity index (χ3v) is 3.07. The standard InChI is InChI=1S/C16H13N3O2/c20-15-8-4-2-6-13(15)16(21)19-17-10-12-9-11-5-1-3-7-14(11)18-12/h1-10,18,20H,(H,19,21). The van der Waals surface area contributed by atoms with Crippen LogP contribution in [0, 0.1) is 0 Å². The van der Waals surface area contributed by atoms with Gasteiger partial charge in [-0.05, 0) is 24.3 Å². The zero-order chi connectivity index (χ0) is 14.7. The number of aromatic amines is 1. The van der Waals surface area contributed by atoms with Crippen molar-refractivity contribution in [2.75, 3.05) is 0 Å². The van der Waals surface area contributed by atoms with Crippen LogP contribution in [-0.4, -0.2) is 22.2 Å². The van der Waals surface area contributed by atoms with Crippen LogP contribution in [0.5, 0.6) is 5.75 Å². The van der Waals surface area contributed by atoms with Crippen LogP contribution in [0.1, 0.15) is 16.1 Å². The number of phenols is 1. The molecule has 0 fully saturated rings. The van der Waals surface area contributed by atoms with Gasteiger partial charge in [-0.25, -0.2) is 5.43 Å². The number of phenolic OH excluding ortho intramolecular Hbond substituents is 1. The molecule has 0 aliphatic carbocycles. The van der Waals surface area contributed by atoms with Crippen molar-refractivity contribution in [3.05, 3.63) is 65.9 Å².